The van der Waals surface area contributed by atoms with Crippen molar-refractivity contribution in [2.75, 3.05) is 19.8 Å². The average Bonchev–Trinajstić information content (AvgIpc) is 2.63. The molecule has 1 aliphatic heterocycles. The fraction of sp³-hybridized carbons (Fsp3) is 0.727. The van der Waals surface area contributed by atoms with E-state index < -0.39 is 0 Å². The highest BCUT2D eigenvalue weighted by Gasteiger charge is 2.32. The molecule has 84 valence electrons. The third-order valence-corrected chi connectivity index (χ3v) is 2.90. The van der Waals surface area contributed by atoms with Crippen molar-refractivity contribution in [2.24, 2.45) is 5.41 Å². The van der Waals surface area contributed by atoms with E-state index in [4.69, 9.17) is 4.74 Å². The van der Waals surface area contributed by atoms with Crippen LogP contribution in [0.2, 0.25) is 0 Å². The van der Waals surface area contributed by atoms with Gasteiger partial charge in [0.05, 0.1) is 25.2 Å². The number of nitrogens with zero attached hydrogens (tertiary/aromatic N) is 2. The maximum absolute atomic E-state index is 5.21. The minimum absolute atomic E-state index is 0.344. The summed E-state index contributed by atoms with van der Waals surface area (Å²) in [6, 6.07) is 0. The molecule has 0 saturated carbocycles. The van der Waals surface area contributed by atoms with E-state index in [1.165, 1.54) is 5.69 Å². The highest BCUT2D eigenvalue weighted by molar-refractivity contribution is 4.98. The van der Waals surface area contributed by atoms with Gasteiger partial charge in [-0.2, -0.15) is 0 Å². The number of rotatable bonds is 5. The van der Waals surface area contributed by atoms with Gasteiger partial charge in [0.2, 0.25) is 0 Å². The van der Waals surface area contributed by atoms with Crippen molar-refractivity contribution < 1.29 is 4.74 Å². The number of ether oxygens (including phenoxy) is 1. The monoisotopic (exact) mass is 209 g/mol. The molecule has 1 saturated heterocycles. The predicted molar refractivity (Wildman–Crippen MR) is 58.5 cm³/mol. The quantitative estimate of drug-likeness (QED) is 0.787. The first-order valence-electron chi connectivity index (χ1n) is 5.51. The Morgan fingerprint density at radius 2 is 2.40 bits per heavy atom. The van der Waals surface area contributed by atoms with Crippen molar-refractivity contribution in [3.8, 4) is 0 Å². The molecule has 0 unspecified atom stereocenters. The van der Waals surface area contributed by atoms with Crippen LogP contribution in [0.3, 0.4) is 0 Å². The lowest BCUT2D eigenvalue weighted by atomic mass is 9.89. The van der Waals surface area contributed by atoms with Gasteiger partial charge in [0.25, 0.3) is 0 Å². The minimum Gasteiger partial charge on any atom is -0.380 e. The first-order chi connectivity index (χ1) is 7.23. The SMILES string of the molecule is CCn1cncc1CNCC1(C)COC1. The molecular weight excluding hydrogens is 190 g/mol. The Balaban J connectivity index is 1.78. The van der Waals surface area contributed by atoms with Crippen LogP contribution in [0.25, 0.3) is 0 Å². The van der Waals surface area contributed by atoms with Crippen LogP contribution in [0, 0.1) is 5.41 Å². The highest BCUT2D eigenvalue weighted by Crippen LogP contribution is 2.25. The summed E-state index contributed by atoms with van der Waals surface area (Å²) in [6.07, 6.45) is 3.81. The van der Waals surface area contributed by atoms with Crippen LogP contribution in [0.1, 0.15) is 19.5 Å². The second kappa shape index (κ2) is 4.33. The van der Waals surface area contributed by atoms with E-state index in [2.05, 4.69) is 28.7 Å². The maximum Gasteiger partial charge on any atom is 0.0948 e. The van der Waals surface area contributed by atoms with E-state index in [1.54, 1.807) is 0 Å². The van der Waals surface area contributed by atoms with Crippen molar-refractivity contribution in [1.29, 1.82) is 0 Å². The van der Waals surface area contributed by atoms with Gasteiger partial charge in [-0.1, -0.05) is 6.92 Å². The molecule has 1 N–H and O–H groups in total. The summed E-state index contributed by atoms with van der Waals surface area (Å²) in [4.78, 5) is 4.14. The fourth-order valence-corrected chi connectivity index (χ4v) is 1.83. The normalized spacial score (nSPS) is 18.8. The summed E-state index contributed by atoms with van der Waals surface area (Å²) < 4.78 is 7.37. The molecule has 0 amide bonds. The largest absolute Gasteiger partial charge is 0.380 e. The third-order valence-electron chi connectivity index (χ3n) is 2.90. The van der Waals surface area contributed by atoms with Gasteiger partial charge < -0.3 is 14.6 Å². The van der Waals surface area contributed by atoms with Crippen LogP contribution in [0.15, 0.2) is 12.5 Å². The van der Waals surface area contributed by atoms with E-state index in [0.29, 0.717) is 5.41 Å². The van der Waals surface area contributed by atoms with E-state index in [-0.39, 0.29) is 0 Å². The summed E-state index contributed by atoms with van der Waals surface area (Å²) in [6.45, 7) is 9.04. The van der Waals surface area contributed by atoms with Gasteiger partial charge in [0.1, 0.15) is 0 Å². The highest BCUT2D eigenvalue weighted by atomic mass is 16.5. The number of nitrogens with one attached hydrogen (secondary N) is 1. The Kier molecular flexibility index (Phi) is 3.07. The molecule has 0 aliphatic carbocycles. The van der Waals surface area contributed by atoms with E-state index in [9.17, 15) is 0 Å². The van der Waals surface area contributed by atoms with Crippen LogP contribution in [-0.4, -0.2) is 29.3 Å². The molecule has 1 aromatic heterocycles. The second-order valence-electron chi connectivity index (χ2n) is 4.58. The van der Waals surface area contributed by atoms with Crippen LogP contribution in [-0.2, 0) is 17.8 Å². The molecule has 2 rings (SSSR count). The van der Waals surface area contributed by atoms with Crippen molar-refractivity contribution in [3.05, 3.63) is 18.2 Å². The van der Waals surface area contributed by atoms with Crippen LogP contribution < -0.4 is 5.32 Å². The van der Waals surface area contributed by atoms with Gasteiger partial charge in [-0.05, 0) is 6.92 Å². The molecular formula is C11H19N3O. The molecule has 0 radical (unpaired) electrons. The van der Waals surface area contributed by atoms with Crippen molar-refractivity contribution >= 4 is 0 Å². The lowest BCUT2D eigenvalue weighted by molar-refractivity contribution is -0.0992. The van der Waals surface area contributed by atoms with E-state index in [0.717, 1.165) is 32.8 Å². The Hall–Kier alpha value is -0.870. The molecule has 0 aromatic carbocycles. The molecule has 1 aromatic rings. The predicted octanol–water partition coefficient (Wildman–Crippen LogP) is 1.03. The van der Waals surface area contributed by atoms with Gasteiger partial charge in [0.15, 0.2) is 0 Å². The summed E-state index contributed by atoms with van der Waals surface area (Å²) in [5.74, 6) is 0. The molecule has 1 fully saturated rings. The van der Waals surface area contributed by atoms with Gasteiger partial charge in [-0.15, -0.1) is 0 Å². The van der Waals surface area contributed by atoms with E-state index in [1.807, 2.05) is 12.5 Å². The zero-order valence-corrected chi connectivity index (χ0v) is 9.49. The Bertz CT molecular complexity index is 317. The lowest BCUT2D eigenvalue weighted by Crippen LogP contribution is -2.47. The van der Waals surface area contributed by atoms with E-state index >= 15 is 0 Å². The number of aryl methyl sites for hydroxylation is 1. The van der Waals surface area contributed by atoms with Gasteiger partial charge in [-0.25, -0.2) is 4.98 Å². The molecule has 0 atom stereocenters. The van der Waals surface area contributed by atoms with Crippen molar-refractivity contribution in [1.82, 2.24) is 14.9 Å². The minimum atomic E-state index is 0.344. The van der Waals surface area contributed by atoms with Gasteiger partial charge >= 0.3 is 0 Å². The molecule has 15 heavy (non-hydrogen) atoms. The second-order valence-corrected chi connectivity index (χ2v) is 4.58. The first kappa shape index (κ1) is 10.6. The number of hydrogen-bond acceptors (Lipinski definition) is 3. The average molecular weight is 209 g/mol. The lowest BCUT2D eigenvalue weighted by Gasteiger charge is -2.38. The number of hydrogen-bond donors (Lipinski definition) is 1. The first-order valence-corrected chi connectivity index (χ1v) is 5.51. The smallest absolute Gasteiger partial charge is 0.0948 e. The van der Waals surface area contributed by atoms with Crippen LogP contribution in [0.5, 0.6) is 0 Å². The number of imidazole rings is 1. The Morgan fingerprint density at radius 1 is 1.60 bits per heavy atom. The summed E-state index contributed by atoms with van der Waals surface area (Å²) in [5, 5.41) is 3.46. The van der Waals surface area contributed by atoms with Crippen molar-refractivity contribution in [3.63, 3.8) is 0 Å². The molecule has 2 heterocycles. The fourth-order valence-electron chi connectivity index (χ4n) is 1.83. The standard InChI is InChI=1S/C11H19N3O/c1-3-14-9-13-5-10(14)4-12-6-11(2)7-15-8-11/h5,9,12H,3-4,6-8H2,1-2H3. The maximum atomic E-state index is 5.21. The molecule has 1 aliphatic rings. The van der Waals surface area contributed by atoms with Gasteiger partial charge in [0, 0.05) is 31.2 Å². The topological polar surface area (TPSA) is 39.1 Å². The molecule has 4 heteroatoms. The molecule has 0 spiro atoms. The third kappa shape index (κ3) is 2.38. The zero-order valence-electron chi connectivity index (χ0n) is 9.49. The Labute approximate surface area is 90.6 Å². The summed E-state index contributed by atoms with van der Waals surface area (Å²) in [5.41, 5.74) is 1.60. The number of aromatic nitrogens is 2. The summed E-state index contributed by atoms with van der Waals surface area (Å²) >= 11 is 0. The zero-order chi connectivity index (χ0) is 10.7. The summed E-state index contributed by atoms with van der Waals surface area (Å²) in [7, 11) is 0. The van der Waals surface area contributed by atoms with Crippen LogP contribution >= 0.6 is 0 Å². The van der Waals surface area contributed by atoms with Gasteiger partial charge in [-0.3, -0.25) is 0 Å². The van der Waals surface area contributed by atoms with Crippen molar-refractivity contribution in [2.45, 2.75) is 26.9 Å². The van der Waals surface area contributed by atoms with Crippen LogP contribution in [0.4, 0.5) is 0 Å². The molecule has 0 bridgehead atoms. The molecule has 4 nitrogen and oxygen atoms in total. The Morgan fingerprint density at radius 3 is 3.00 bits per heavy atom.